The fourth-order valence-corrected chi connectivity index (χ4v) is 2.36. The minimum atomic E-state index is 0.700. The van der Waals surface area contributed by atoms with E-state index in [1.54, 1.807) is 12.7 Å². The zero-order valence-electron chi connectivity index (χ0n) is 11.0. The zero-order valence-corrected chi connectivity index (χ0v) is 12.6. The van der Waals surface area contributed by atoms with E-state index in [9.17, 15) is 0 Å². The summed E-state index contributed by atoms with van der Waals surface area (Å²) >= 11 is 3.45. The van der Waals surface area contributed by atoms with Crippen LogP contribution in [0.15, 0.2) is 41.4 Å². The number of nitrogens with zero attached hydrogens (tertiary/aromatic N) is 4. The van der Waals surface area contributed by atoms with Crippen molar-refractivity contribution in [1.82, 2.24) is 19.9 Å². The van der Waals surface area contributed by atoms with Crippen molar-refractivity contribution >= 4 is 32.9 Å². The van der Waals surface area contributed by atoms with Gasteiger partial charge in [0.15, 0.2) is 11.5 Å². The van der Waals surface area contributed by atoms with Gasteiger partial charge in [-0.15, -0.1) is 0 Å². The van der Waals surface area contributed by atoms with Crippen LogP contribution in [0.1, 0.15) is 5.56 Å². The first-order valence-electron chi connectivity index (χ1n) is 6.34. The van der Waals surface area contributed by atoms with E-state index >= 15 is 0 Å². The SMILES string of the molecule is CN(CCc1ccc(Br)cc1)c1ncnc2nc[nH]c12. The molecule has 0 radical (unpaired) electrons. The Bertz CT molecular complexity index is 707. The van der Waals surface area contributed by atoms with Gasteiger partial charge >= 0.3 is 0 Å². The summed E-state index contributed by atoms with van der Waals surface area (Å²) in [6, 6.07) is 8.38. The van der Waals surface area contributed by atoms with Gasteiger partial charge in [-0.25, -0.2) is 15.0 Å². The number of aromatic amines is 1. The van der Waals surface area contributed by atoms with Crippen LogP contribution in [0.3, 0.4) is 0 Å². The Morgan fingerprint density at radius 3 is 2.75 bits per heavy atom. The molecule has 20 heavy (non-hydrogen) atoms. The number of fused-ring (bicyclic) bond motifs is 1. The molecule has 1 N–H and O–H groups in total. The highest BCUT2D eigenvalue weighted by molar-refractivity contribution is 9.10. The number of nitrogens with one attached hydrogen (secondary N) is 1. The van der Waals surface area contributed by atoms with Crippen LogP contribution < -0.4 is 4.90 Å². The molecule has 0 aliphatic rings. The maximum absolute atomic E-state index is 4.34. The van der Waals surface area contributed by atoms with Crippen LogP contribution in [0.2, 0.25) is 0 Å². The Morgan fingerprint density at radius 2 is 1.95 bits per heavy atom. The molecule has 0 atom stereocenters. The van der Waals surface area contributed by atoms with Gasteiger partial charge in [-0.2, -0.15) is 0 Å². The predicted octanol–water partition coefficient (Wildman–Crippen LogP) is 2.79. The van der Waals surface area contributed by atoms with Crippen molar-refractivity contribution < 1.29 is 0 Å². The summed E-state index contributed by atoms with van der Waals surface area (Å²) in [5.41, 5.74) is 2.88. The molecule has 1 aromatic carbocycles. The molecular weight excluding hydrogens is 318 g/mol. The first-order valence-corrected chi connectivity index (χ1v) is 7.13. The summed E-state index contributed by atoms with van der Waals surface area (Å²) in [6.07, 6.45) is 4.16. The minimum Gasteiger partial charge on any atom is -0.357 e. The third kappa shape index (κ3) is 2.65. The van der Waals surface area contributed by atoms with Crippen LogP contribution in [0, 0.1) is 0 Å². The Kier molecular flexibility index (Phi) is 3.64. The van der Waals surface area contributed by atoms with E-state index in [0.717, 1.165) is 28.8 Å². The molecule has 0 unspecified atom stereocenters. The summed E-state index contributed by atoms with van der Waals surface area (Å²) in [5.74, 6) is 0.879. The van der Waals surface area contributed by atoms with Crippen molar-refractivity contribution in [3.8, 4) is 0 Å². The third-order valence-electron chi connectivity index (χ3n) is 3.21. The van der Waals surface area contributed by atoms with Crippen LogP contribution in [0.5, 0.6) is 0 Å². The molecule has 2 aromatic heterocycles. The minimum absolute atomic E-state index is 0.700. The molecule has 102 valence electrons. The highest BCUT2D eigenvalue weighted by Crippen LogP contribution is 2.18. The molecule has 0 aliphatic heterocycles. The van der Waals surface area contributed by atoms with Gasteiger partial charge in [-0.3, -0.25) is 0 Å². The molecule has 0 aliphatic carbocycles. The lowest BCUT2D eigenvalue weighted by atomic mass is 10.1. The van der Waals surface area contributed by atoms with E-state index in [0.29, 0.717) is 5.65 Å². The number of likely N-dealkylation sites (N-methyl/N-ethyl adjacent to an activating group) is 1. The average Bonchev–Trinajstić information content (AvgIpc) is 2.94. The molecule has 0 saturated carbocycles. The first kappa shape index (κ1) is 13.1. The molecule has 0 bridgehead atoms. The lowest BCUT2D eigenvalue weighted by Crippen LogP contribution is -2.21. The monoisotopic (exact) mass is 331 g/mol. The summed E-state index contributed by atoms with van der Waals surface area (Å²) in [5, 5.41) is 0. The number of benzene rings is 1. The highest BCUT2D eigenvalue weighted by Gasteiger charge is 2.10. The second-order valence-electron chi connectivity index (χ2n) is 4.60. The van der Waals surface area contributed by atoms with Crippen LogP contribution in [-0.4, -0.2) is 33.5 Å². The lowest BCUT2D eigenvalue weighted by molar-refractivity contribution is 0.860. The van der Waals surface area contributed by atoms with E-state index in [2.05, 4.69) is 65.0 Å². The van der Waals surface area contributed by atoms with E-state index in [1.165, 1.54) is 5.56 Å². The Hall–Kier alpha value is -1.95. The van der Waals surface area contributed by atoms with Crippen LogP contribution in [0.4, 0.5) is 5.82 Å². The van der Waals surface area contributed by atoms with Gasteiger partial charge in [0.1, 0.15) is 11.8 Å². The summed E-state index contributed by atoms with van der Waals surface area (Å²) in [4.78, 5) is 17.8. The molecule has 3 rings (SSSR count). The normalized spacial score (nSPS) is 10.9. The van der Waals surface area contributed by atoms with Crippen molar-refractivity contribution in [2.75, 3.05) is 18.5 Å². The van der Waals surface area contributed by atoms with Crippen molar-refractivity contribution in [2.24, 2.45) is 0 Å². The van der Waals surface area contributed by atoms with Crippen molar-refractivity contribution in [2.45, 2.75) is 6.42 Å². The van der Waals surface area contributed by atoms with Crippen molar-refractivity contribution in [3.63, 3.8) is 0 Å². The lowest BCUT2D eigenvalue weighted by Gasteiger charge is -2.18. The van der Waals surface area contributed by atoms with Gasteiger partial charge in [0.2, 0.25) is 0 Å². The van der Waals surface area contributed by atoms with Gasteiger partial charge in [0.25, 0.3) is 0 Å². The van der Waals surface area contributed by atoms with E-state index in [4.69, 9.17) is 0 Å². The number of rotatable bonds is 4. The van der Waals surface area contributed by atoms with Gasteiger partial charge in [-0.1, -0.05) is 28.1 Å². The molecular formula is C14H14BrN5. The average molecular weight is 332 g/mol. The topological polar surface area (TPSA) is 57.7 Å². The molecule has 5 nitrogen and oxygen atoms in total. The number of imidazole rings is 1. The zero-order chi connectivity index (χ0) is 13.9. The van der Waals surface area contributed by atoms with Crippen molar-refractivity contribution in [1.29, 1.82) is 0 Å². The number of hydrogen-bond donors (Lipinski definition) is 1. The van der Waals surface area contributed by atoms with Gasteiger partial charge in [0.05, 0.1) is 6.33 Å². The van der Waals surface area contributed by atoms with E-state index < -0.39 is 0 Å². The molecule has 3 aromatic rings. The summed E-state index contributed by atoms with van der Waals surface area (Å²) in [7, 11) is 2.03. The number of anilines is 1. The van der Waals surface area contributed by atoms with E-state index in [1.807, 2.05) is 7.05 Å². The standard InChI is InChI=1S/C14H14BrN5/c1-20(7-6-10-2-4-11(15)5-3-10)14-12-13(17-8-16-12)18-9-19-14/h2-5,8-9H,6-7H2,1H3,(H,16,17,18,19). The smallest absolute Gasteiger partial charge is 0.182 e. The number of H-pyrrole nitrogens is 1. The largest absolute Gasteiger partial charge is 0.357 e. The summed E-state index contributed by atoms with van der Waals surface area (Å²) < 4.78 is 1.10. The van der Waals surface area contributed by atoms with Gasteiger partial charge in [-0.05, 0) is 24.1 Å². The predicted molar refractivity (Wildman–Crippen MR) is 82.8 cm³/mol. The van der Waals surface area contributed by atoms with E-state index in [-0.39, 0.29) is 0 Å². The fraction of sp³-hybridized carbons (Fsp3) is 0.214. The molecule has 0 spiro atoms. The molecule has 2 heterocycles. The third-order valence-corrected chi connectivity index (χ3v) is 3.74. The quantitative estimate of drug-likeness (QED) is 0.798. The number of hydrogen-bond acceptors (Lipinski definition) is 4. The molecule has 6 heteroatoms. The van der Waals surface area contributed by atoms with Gasteiger partial charge < -0.3 is 9.88 Å². The fourth-order valence-electron chi connectivity index (χ4n) is 2.10. The maximum atomic E-state index is 4.34. The first-order chi connectivity index (χ1) is 9.74. The Morgan fingerprint density at radius 1 is 1.15 bits per heavy atom. The Labute approximate surface area is 125 Å². The summed E-state index contributed by atoms with van der Waals surface area (Å²) in [6.45, 7) is 0.882. The van der Waals surface area contributed by atoms with Crippen LogP contribution in [0.25, 0.3) is 11.2 Å². The molecule has 0 amide bonds. The molecule has 0 fully saturated rings. The number of halogens is 1. The highest BCUT2D eigenvalue weighted by atomic mass is 79.9. The van der Waals surface area contributed by atoms with Crippen molar-refractivity contribution in [3.05, 3.63) is 47.0 Å². The Balaban J connectivity index is 1.74. The molecule has 0 saturated heterocycles. The van der Waals surface area contributed by atoms with Gasteiger partial charge in [0, 0.05) is 18.1 Å². The maximum Gasteiger partial charge on any atom is 0.182 e. The second-order valence-corrected chi connectivity index (χ2v) is 5.51. The number of aromatic nitrogens is 4. The van der Waals surface area contributed by atoms with Crippen LogP contribution >= 0.6 is 15.9 Å². The van der Waals surface area contributed by atoms with Crippen LogP contribution in [-0.2, 0) is 6.42 Å². The second kappa shape index (κ2) is 5.58.